The Labute approximate surface area is 186 Å². The van der Waals surface area contributed by atoms with E-state index in [9.17, 15) is 0 Å². The van der Waals surface area contributed by atoms with Crippen LogP contribution in [0.15, 0.2) is 41.5 Å². The van der Waals surface area contributed by atoms with Gasteiger partial charge < -0.3 is 23.8 Å². The van der Waals surface area contributed by atoms with Gasteiger partial charge in [0, 0.05) is 29.9 Å². The Balaban J connectivity index is 1.38. The van der Waals surface area contributed by atoms with Gasteiger partial charge in [-0.3, -0.25) is 0 Å². The number of benzene rings is 1. The third kappa shape index (κ3) is 4.13. The van der Waals surface area contributed by atoms with E-state index in [0.717, 1.165) is 29.8 Å². The molecule has 2 aromatic rings. The summed E-state index contributed by atoms with van der Waals surface area (Å²) in [6.07, 6.45) is 4.63. The van der Waals surface area contributed by atoms with Crippen LogP contribution in [0.4, 0.5) is 0 Å². The molecule has 7 nitrogen and oxygen atoms in total. The van der Waals surface area contributed by atoms with E-state index in [4.69, 9.17) is 30.5 Å². The molecule has 0 aliphatic carbocycles. The summed E-state index contributed by atoms with van der Waals surface area (Å²) < 4.78 is 22.3. The van der Waals surface area contributed by atoms with Gasteiger partial charge in [0.25, 0.3) is 0 Å². The number of pyridine rings is 1. The summed E-state index contributed by atoms with van der Waals surface area (Å²) in [4.78, 5) is 11.0. The molecule has 0 radical (unpaired) electrons. The number of aliphatic imine (C=N–C) groups is 1. The summed E-state index contributed by atoms with van der Waals surface area (Å²) in [5.41, 5.74) is 5.57. The number of aromatic nitrogens is 1. The van der Waals surface area contributed by atoms with Gasteiger partial charge in [-0.15, -0.1) is 0 Å². The quantitative estimate of drug-likeness (QED) is 0.724. The van der Waals surface area contributed by atoms with Gasteiger partial charge in [0.15, 0.2) is 0 Å². The van der Waals surface area contributed by atoms with Crippen molar-refractivity contribution in [1.29, 1.82) is 0 Å². The number of fused-ring (bicyclic) bond motifs is 3. The van der Waals surface area contributed by atoms with Gasteiger partial charge >= 0.3 is 0 Å². The first-order valence-electron chi connectivity index (χ1n) is 10.4. The van der Waals surface area contributed by atoms with Crippen molar-refractivity contribution < 1.29 is 18.9 Å². The summed E-state index contributed by atoms with van der Waals surface area (Å²) in [6.45, 7) is 3.76. The lowest BCUT2D eigenvalue weighted by Crippen LogP contribution is -2.35. The minimum atomic E-state index is -0.0452. The highest BCUT2D eigenvalue weighted by Gasteiger charge is 2.25. The van der Waals surface area contributed by atoms with Crippen LogP contribution >= 0.6 is 11.6 Å². The van der Waals surface area contributed by atoms with Crippen LogP contribution in [-0.2, 0) is 20.6 Å². The molecule has 8 heteroatoms. The number of halogens is 1. The minimum Gasteiger partial charge on any atom is -0.480 e. The molecule has 1 fully saturated rings. The average molecular weight is 442 g/mol. The first-order chi connectivity index (χ1) is 15.2. The van der Waals surface area contributed by atoms with E-state index in [-0.39, 0.29) is 6.10 Å². The second-order valence-electron chi connectivity index (χ2n) is 7.61. The SMILES string of the molecule is COc1nccc(-c2ccc3c(c2)CCN2CN=C(OCC4COCCO4)C=C32)c1Cl. The summed E-state index contributed by atoms with van der Waals surface area (Å²) in [7, 11) is 1.57. The number of hydrogen-bond donors (Lipinski definition) is 0. The highest BCUT2D eigenvalue weighted by molar-refractivity contribution is 6.34. The third-order valence-electron chi connectivity index (χ3n) is 5.69. The standard InChI is InChI=1S/C23H24ClN3O4/c1-28-23-22(24)19(4-6-25-23)15-2-3-18-16(10-15)5-7-27-14-26-21(11-20(18)27)31-13-17-12-29-8-9-30-17/h2-4,6,10-11,17H,5,7-9,12-14H2,1H3. The van der Waals surface area contributed by atoms with Crippen molar-refractivity contribution in [3.05, 3.63) is 52.7 Å². The molecular weight excluding hydrogens is 418 g/mol. The molecule has 1 saturated heterocycles. The van der Waals surface area contributed by atoms with Crippen LogP contribution in [0.25, 0.3) is 16.8 Å². The molecule has 5 rings (SSSR count). The van der Waals surface area contributed by atoms with Crippen molar-refractivity contribution in [2.24, 2.45) is 4.99 Å². The fourth-order valence-electron chi connectivity index (χ4n) is 4.09. The van der Waals surface area contributed by atoms with Gasteiger partial charge in [0.2, 0.25) is 11.8 Å². The topological polar surface area (TPSA) is 65.4 Å². The van der Waals surface area contributed by atoms with Crippen molar-refractivity contribution in [3.8, 4) is 17.0 Å². The second-order valence-corrected chi connectivity index (χ2v) is 7.99. The van der Waals surface area contributed by atoms with E-state index in [2.05, 4.69) is 33.1 Å². The third-order valence-corrected chi connectivity index (χ3v) is 6.06. The molecule has 0 bridgehead atoms. The number of nitrogens with zero attached hydrogens (tertiary/aromatic N) is 3. The van der Waals surface area contributed by atoms with E-state index in [1.54, 1.807) is 13.3 Å². The van der Waals surface area contributed by atoms with Crippen LogP contribution in [-0.4, -0.2) is 68.6 Å². The highest BCUT2D eigenvalue weighted by atomic mass is 35.5. The van der Waals surface area contributed by atoms with Crippen molar-refractivity contribution in [1.82, 2.24) is 9.88 Å². The summed E-state index contributed by atoms with van der Waals surface area (Å²) >= 11 is 6.50. The van der Waals surface area contributed by atoms with Gasteiger partial charge in [-0.1, -0.05) is 29.8 Å². The molecule has 1 atom stereocenters. The maximum atomic E-state index is 6.50. The van der Waals surface area contributed by atoms with Gasteiger partial charge in [-0.25, -0.2) is 9.98 Å². The maximum absolute atomic E-state index is 6.50. The summed E-state index contributed by atoms with van der Waals surface area (Å²) in [5.74, 6) is 1.07. The van der Waals surface area contributed by atoms with Crippen molar-refractivity contribution in [2.45, 2.75) is 12.5 Å². The lowest BCUT2D eigenvalue weighted by molar-refractivity contribution is -0.103. The van der Waals surface area contributed by atoms with Crippen molar-refractivity contribution in [2.75, 3.05) is 46.8 Å². The largest absolute Gasteiger partial charge is 0.480 e. The molecule has 0 N–H and O–H groups in total. The Morgan fingerprint density at radius 3 is 3.00 bits per heavy atom. The number of ether oxygens (including phenoxy) is 4. The lowest BCUT2D eigenvalue weighted by Gasteiger charge is -2.35. The first kappa shape index (κ1) is 20.3. The lowest BCUT2D eigenvalue weighted by atomic mass is 9.92. The zero-order valence-electron chi connectivity index (χ0n) is 17.3. The van der Waals surface area contributed by atoms with E-state index in [1.165, 1.54) is 11.1 Å². The fraction of sp³-hybridized carbons (Fsp3) is 0.391. The number of methoxy groups -OCH3 is 1. The molecule has 1 unspecified atom stereocenters. The van der Waals surface area contributed by atoms with E-state index in [1.807, 2.05) is 12.1 Å². The van der Waals surface area contributed by atoms with Crippen LogP contribution in [0.2, 0.25) is 5.02 Å². The molecule has 0 saturated carbocycles. The molecule has 1 aromatic heterocycles. The van der Waals surface area contributed by atoms with Crippen LogP contribution < -0.4 is 4.74 Å². The summed E-state index contributed by atoms with van der Waals surface area (Å²) in [5, 5.41) is 0.524. The molecule has 0 amide bonds. The molecule has 3 aliphatic heterocycles. The predicted octanol–water partition coefficient (Wildman–Crippen LogP) is 3.41. The molecule has 1 aromatic carbocycles. The van der Waals surface area contributed by atoms with Crippen LogP contribution in [0, 0.1) is 0 Å². The van der Waals surface area contributed by atoms with E-state index >= 15 is 0 Å². The maximum Gasteiger partial charge on any atom is 0.232 e. The second kappa shape index (κ2) is 8.86. The molecular formula is C23H24ClN3O4. The monoisotopic (exact) mass is 441 g/mol. The van der Waals surface area contributed by atoms with Crippen molar-refractivity contribution in [3.63, 3.8) is 0 Å². The van der Waals surface area contributed by atoms with Crippen LogP contribution in [0.1, 0.15) is 11.1 Å². The first-order valence-corrected chi connectivity index (χ1v) is 10.8. The highest BCUT2D eigenvalue weighted by Crippen LogP contribution is 2.37. The van der Waals surface area contributed by atoms with E-state index in [0.29, 0.717) is 49.9 Å². The van der Waals surface area contributed by atoms with Gasteiger partial charge in [-0.2, -0.15) is 0 Å². The molecule has 0 spiro atoms. The Kier molecular flexibility index (Phi) is 5.80. The fourth-order valence-corrected chi connectivity index (χ4v) is 4.38. The summed E-state index contributed by atoms with van der Waals surface area (Å²) in [6, 6.07) is 8.35. The molecule has 162 valence electrons. The Hall–Kier alpha value is -2.61. The Morgan fingerprint density at radius 2 is 2.16 bits per heavy atom. The predicted molar refractivity (Wildman–Crippen MR) is 118 cm³/mol. The zero-order chi connectivity index (χ0) is 21.2. The zero-order valence-corrected chi connectivity index (χ0v) is 18.1. The number of hydrogen-bond acceptors (Lipinski definition) is 7. The smallest absolute Gasteiger partial charge is 0.232 e. The molecule has 4 heterocycles. The van der Waals surface area contributed by atoms with Gasteiger partial charge in [0.1, 0.15) is 24.4 Å². The molecule has 31 heavy (non-hydrogen) atoms. The van der Waals surface area contributed by atoms with Crippen LogP contribution in [0.5, 0.6) is 5.88 Å². The molecule has 3 aliphatic rings. The van der Waals surface area contributed by atoms with Gasteiger partial charge in [-0.05, 0) is 23.6 Å². The number of rotatable bonds is 4. The van der Waals surface area contributed by atoms with Crippen molar-refractivity contribution >= 4 is 23.2 Å². The minimum absolute atomic E-state index is 0.0452. The van der Waals surface area contributed by atoms with Crippen LogP contribution in [0.3, 0.4) is 0 Å². The normalized spacial score (nSPS) is 20.3. The van der Waals surface area contributed by atoms with Gasteiger partial charge in [0.05, 0.1) is 32.6 Å². The Morgan fingerprint density at radius 1 is 1.23 bits per heavy atom. The average Bonchev–Trinajstić information content (AvgIpc) is 2.83. The Bertz CT molecular complexity index is 1030. The van der Waals surface area contributed by atoms with E-state index < -0.39 is 0 Å².